The van der Waals surface area contributed by atoms with E-state index in [1.165, 1.54) is 0 Å². The molecule has 0 aromatic heterocycles. The number of anilines is 1. The van der Waals surface area contributed by atoms with E-state index in [0.29, 0.717) is 11.3 Å². The number of carbonyl (C=O) groups is 4. The van der Waals surface area contributed by atoms with Gasteiger partial charge >= 0.3 is 0 Å². The summed E-state index contributed by atoms with van der Waals surface area (Å²) in [6, 6.07) is 21.0. The van der Waals surface area contributed by atoms with Crippen LogP contribution in [-0.4, -0.2) is 29.0 Å². The van der Waals surface area contributed by atoms with E-state index in [2.05, 4.69) is 0 Å². The average Bonchev–Trinajstić information content (AvgIpc) is 3.39. The fourth-order valence-corrected chi connectivity index (χ4v) is 5.80. The van der Waals surface area contributed by atoms with Crippen LogP contribution in [0.25, 0.3) is 0 Å². The molecular formula is C28H21NO5. The molecule has 2 saturated heterocycles. The maximum absolute atomic E-state index is 13.9. The van der Waals surface area contributed by atoms with E-state index in [9.17, 15) is 19.2 Å². The lowest BCUT2D eigenvalue weighted by Gasteiger charge is -2.27. The molecule has 0 radical (unpaired) electrons. The largest absolute Gasteiger partial charge is 0.349 e. The van der Waals surface area contributed by atoms with Crippen LogP contribution in [0.2, 0.25) is 0 Å². The van der Waals surface area contributed by atoms with Gasteiger partial charge in [-0.1, -0.05) is 60.7 Å². The Kier molecular flexibility index (Phi) is 4.29. The van der Waals surface area contributed by atoms with Gasteiger partial charge in [-0.3, -0.25) is 19.2 Å². The van der Waals surface area contributed by atoms with Gasteiger partial charge in [0.2, 0.25) is 29.0 Å². The van der Waals surface area contributed by atoms with Gasteiger partial charge in [-0.2, -0.15) is 0 Å². The quantitative estimate of drug-likeness (QED) is 0.435. The van der Waals surface area contributed by atoms with Gasteiger partial charge in [-0.15, -0.1) is 0 Å². The zero-order chi connectivity index (χ0) is 23.8. The van der Waals surface area contributed by atoms with Gasteiger partial charge in [0.15, 0.2) is 0 Å². The highest BCUT2D eigenvalue weighted by Gasteiger charge is 2.74. The van der Waals surface area contributed by atoms with Crippen LogP contribution >= 0.6 is 0 Å². The molecule has 6 rings (SSSR count). The Morgan fingerprint density at radius 3 is 1.88 bits per heavy atom. The fraction of sp³-hybridized carbons (Fsp3) is 0.214. The van der Waals surface area contributed by atoms with Crippen molar-refractivity contribution in [3.63, 3.8) is 0 Å². The zero-order valence-electron chi connectivity index (χ0n) is 18.6. The van der Waals surface area contributed by atoms with E-state index in [0.717, 1.165) is 16.0 Å². The molecule has 3 aromatic carbocycles. The van der Waals surface area contributed by atoms with Crippen molar-refractivity contribution in [2.45, 2.75) is 25.6 Å². The second kappa shape index (κ2) is 7.05. The molecule has 2 heterocycles. The number of rotatable bonds is 2. The van der Waals surface area contributed by atoms with Gasteiger partial charge in [-0.05, 0) is 42.7 Å². The molecule has 1 aliphatic carbocycles. The average molecular weight is 451 g/mol. The molecule has 34 heavy (non-hydrogen) atoms. The lowest BCUT2D eigenvalue weighted by molar-refractivity contribution is -0.127. The van der Waals surface area contributed by atoms with E-state index in [1.54, 1.807) is 60.7 Å². The normalized spacial score (nSPS) is 24.8. The number of carbonyl (C=O) groups excluding carboxylic acids is 4. The first-order valence-electron chi connectivity index (χ1n) is 11.2. The molecular weight excluding hydrogens is 430 g/mol. The first-order chi connectivity index (χ1) is 16.3. The van der Waals surface area contributed by atoms with Crippen molar-refractivity contribution in [1.29, 1.82) is 0 Å². The van der Waals surface area contributed by atoms with Crippen LogP contribution in [0.1, 0.15) is 43.5 Å². The summed E-state index contributed by atoms with van der Waals surface area (Å²) in [6.45, 7) is 3.78. The molecule has 0 saturated carbocycles. The Bertz CT molecular complexity index is 1350. The van der Waals surface area contributed by atoms with Crippen molar-refractivity contribution in [1.82, 2.24) is 0 Å². The Morgan fingerprint density at radius 2 is 1.29 bits per heavy atom. The van der Waals surface area contributed by atoms with Crippen LogP contribution in [0, 0.1) is 25.7 Å². The number of aryl methyl sites for hydroxylation is 2. The van der Waals surface area contributed by atoms with Crippen molar-refractivity contribution in [2.75, 3.05) is 4.90 Å². The number of benzene rings is 3. The lowest BCUT2D eigenvalue weighted by atomic mass is 9.77. The minimum absolute atomic E-state index is 0.227. The zero-order valence-corrected chi connectivity index (χ0v) is 18.6. The third-order valence-corrected chi connectivity index (χ3v) is 7.11. The van der Waals surface area contributed by atoms with Crippen molar-refractivity contribution in [3.05, 3.63) is 101 Å². The predicted molar refractivity (Wildman–Crippen MR) is 123 cm³/mol. The Balaban J connectivity index is 1.56. The molecule has 0 bridgehead atoms. The minimum atomic E-state index is -2.05. The summed E-state index contributed by atoms with van der Waals surface area (Å²) in [5.41, 5.74) is 1.30. The first-order valence-corrected chi connectivity index (χ1v) is 11.2. The van der Waals surface area contributed by atoms with Gasteiger partial charge in [0.1, 0.15) is 0 Å². The molecule has 6 heteroatoms. The van der Waals surface area contributed by atoms with Crippen molar-refractivity contribution in [2.24, 2.45) is 11.8 Å². The van der Waals surface area contributed by atoms with E-state index >= 15 is 0 Å². The van der Waals surface area contributed by atoms with Gasteiger partial charge in [0.25, 0.3) is 0 Å². The highest BCUT2D eigenvalue weighted by atomic mass is 16.5. The number of amides is 2. The van der Waals surface area contributed by atoms with Crippen LogP contribution < -0.4 is 4.90 Å². The number of ether oxygens (including phenoxy) is 1. The molecule has 0 N–H and O–H groups in total. The molecule has 2 fully saturated rings. The summed E-state index contributed by atoms with van der Waals surface area (Å²) >= 11 is 0. The van der Waals surface area contributed by atoms with Crippen LogP contribution in [0.15, 0.2) is 72.8 Å². The number of imide groups is 1. The lowest BCUT2D eigenvalue weighted by Crippen LogP contribution is -2.51. The topological polar surface area (TPSA) is 80.8 Å². The Hall–Kier alpha value is -3.90. The predicted octanol–water partition coefficient (Wildman–Crippen LogP) is 4.00. The van der Waals surface area contributed by atoms with Crippen LogP contribution in [-0.2, 0) is 14.3 Å². The Labute approximate surface area is 196 Å². The highest BCUT2D eigenvalue weighted by molar-refractivity contribution is 6.37. The first kappa shape index (κ1) is 20.7. The molecule has 1 spiro atoms. The second-order valence-electron chi connectivity index (χ2n) is 9.25. The summed E-state index contributed by atoms with van der Waals surface area (Å²) < 4.78 is 6.28. The fourth-order valence-electron chi connectivity index (χ4n) is 5.80. The molecule has 168 valence electrons. The van der Waals surface area contributed by atoms with Gasteiger partial charge in [-0.25, -0.2) is 4.90 Å². The van der Waals surface area contributed by atoms with Crippen LogP contribution in [0.5, 0.6) is 0 Å². The standard InChI is InChI=1S/C28H21NO5/c1-15-12-16(2)14-18(13-15)29-26(32)21-22(27(29)33)28(34-23(21)17-8-4-3-5-9-17)24(30)19-10-6-7-11-20(19)25(28)31/h3-14,21-23H,1-2H3/t21-,22+,23+/m1/s1. The maximum Gasteiger partial charge on any atom is 0.241 e. The van der Waals surface area contributed by atoms with E-state index < -0.39 is 46.9 Å². The van der Waals surface area contributed by atoms with Gasteiger partial charge in [0.05, 0.1) is 23.6 Å². The molecule has 3 atom stereocenters. The molecule has 0 unspecified atom stereocenters. The molecule has 2 aliphatic heterocycles. The van der Waals surface area contributed by atoms with Crippen molar-refractivity contribution >= 4 is 29.1 Å². The second-order valence-corrected chi connectivity index (χ2v) is 9.25. The minimum Gasteiger partial charge on any atom is -0.349 e. The summed E-state index contributed by atoms with van der Waals surface area (Å²) in [6.07, 6.45) is -0.902. The maximum atomic E-state index is 13.9. The highest BCUT2D eigenvalue weighted by Crippen LogP contribution is 2.57. The number of hydrogen-bond donors (Lipinski definition) is 0. The van der Waals surface area contributed by atoms with E-state index in [1.807, 2.05) is 26.0 Å². The third-order valence-electron chi connectivity index (χ3n) is 7.11. The smallest absolute Gasteiger partial charge is 0.241 e. The summed E-state index contributed by atoms with van der Waals surface area (Å²) in [5.74, 6) is -4.36. The van der Waals surface area contributed by atoms with Gasteiger partial charge < -0.3 is 4.74 Å². The van der Waals surface area contributed by atoms with E-state index in [-0.39, 0.29) is 11.1 Å². The number of ketones is 2. The number of hydrogen-bond acceptors (Lipinski definition) is 5. The third kappa shape index (κ3) is 2.54. The van der Waals surface area contributed by atoms with Crippen molar-refractivity contribution < 1.29 is 23.9 Å². The van der Waals surface area contributed by atoms with E-state index in [4.69, 9.17) is 4.74 Å². The SMILES string of the molecule is Cc1cc(C)cc(N2C(=O)[C@@H]3[C@@H](C2=O)C2(O[C@H]3c3ccccc3)C(=O)c3ccccc3C2=O)c1. The van der Waals surface area contributed by atoms with Crippen LogP contribution in [0.3, 0.4) is 0 Å². The van der Waals surface area contributed by atoms with Gasteiger partial charge in [0, 0.05) is 11.1 Å². The molecule has 3 aromatic rings. The number of nitrogens with zero attached hydrogens (tertiary/aromatic N) is 1. The Morgan fingerprint density at radius 1 is 0.735 bits per heavy atom. The molecule has 2 amide bonds. The summed E-state index contributed by atoms with van der Waals surface area (Å²) in [7, 11) is 0. The number of Topliss-reactive ketones (excluding diaryl/α,β-unsaturated/α-hetero) is 2. The van der Waals surface area contributed by atoms with Crippen molar-refractivity contribution in [3.8, 4) is 0 Å². The summed E-state index contributed by atoms with van der Waals surface area (Å²) in [5, 5.41) is 0. The van der Waals surface area contributed by atoms with Crippen LogP contribution in [0.4, 0.5) is 5.69 Å². The number of fused-ring (bicyclic) bond motifs is 3. The molecule has 6 nitrogen and oxygen atoms in total. The summed E-state index contributed by atoms with van der Waals surface area (Å²) in [4.78, 5) is 56.3. The molecule has 3 aliphatic rings. The monoisotopic (exact) mass is 451 g/mol.